The lowest BCUT2D eigenvalue weighted by atomic mass is 9.67. The molecule has 6 heteroatoms. The molecule has 1 saturated heterocycles. The molecule has 1 atom stereocenters. The van der Waals surface area contributed by atoms with Gasteiger partial charge in [0.05, 0.1) is 13.2 Å². The van der Waals surface area contributed by atoms with Crippen LogP contribution in [0.4, 0.5) is 10.6 Å². The van der Waals surface area contributed by atoms with E-state index in [9.17, 15) is 4.79 Å². The monoisotopic (exact) mass is 338 g/mol. The number of urea groups is 1. The lowest BCUT2D eigenvalue weighted by molar-refractivity contribution is -0.0308. The largest absolute Gasteiger partial charge is 0.480 e. The van der Waals surface area contributed by atoms with E-state index in [1.54, 1.807) is 24.9 Å². The van der Waals surface area contributed by atoms with E-state index in [0.717, 1.165) is 19.4 Å². The van der Waals surface area contributed by atoms with Crippen molar-refractivity contribution in [1.82, 2.24) is 14.7 Å². The third-order valence-corrected chi connectivity index (χ3v) is 5.27. The molecule has 1 aliphatic heterocycles. The van der Waals surface area contributed by atoms with Crippen molar-refractivity contribution in [2.45, 2.75) is 18.9 Å². The average molecular weight is 338 g/mol. The lowest BCUT2D eigenvalue weighted by Gasteiger charge is -2.56. The Morgan fingerprint density at radius 2 is 2.00 bits per heavy atom. The molecule has 1 N–H and O–H groups in total. The quantitative estimate of drug-likeness (QED) is 0.873. The van der Waals surface area contributed by atoms with Gasteiger partial charge in [0, 0.05) is 25.1 Å². The SMILES string of the molecule is COc1cc(NC(=O)N2CC3(CC=CC3)C2c2ccccc2)n(C)n1. The van der Waals surface area contributed by atoms with Crippen molar-refractivity contribution in [3.05, 3.63) is 54.1 Å². The molecule has 2 aromatic rings. The van der Waals surface area contributed by atoms with E-state index in [1.165, 1.54) is 5.56 Å². The Bertz CT molecular complexity index is 804. The lowest BCUT2D eigenvalue weighted by Crippen LogP contribution is -2.60. The Labute approximate surface area is 147 Å². The molecule has 2 aliphatic rings. The van der Waals surface area contributed by atoms with Gasteiger partial charge in [0.1, 0.15) is 5.82 Å². The predicted molar refractivity (Wildman–Crippen MR) is 95.5 cm³/mol. The van der Waals surface area contributed by atoms with Gasteiger partial charge in [-0.15, -0.1) is 5.10 Å². The third-order valence-electron chi connectivity index (χ3n) is 5.27. The molecular weight excluding hydrogens is 316 g/mol. The summed E-state index contributed by atoms with van der Waals surface area (Å²) in [4.78, 5) is 14.8. The number of hydrogen-bond acceptors (Lipinski definition) is 3. The zero-order chi connectivity index (χ0) is 17.4. The Hall–Kier alpha value is -2.76. The standard InChI is InChI=1S/C19H22N4O2/c1-22-15(12-16(21-22)25-2)20-18(24)23-13-19(10-6-7-11-19)17(23)14-8-4-3-5-9-14/h3-9,12,17H,10-11,13H2,1-2H3,(H,20,24). The van der Waals surface area contributed by atoms with E-state index >= 15 is 0 Å². The van der Waals surface area contributed by atoms with Crippen LogP contribution in [0.2, 0.25) is 0 Å². The maximum absolute atomic E-state index is 12.9. The molecule has 6 nitrogen and oxygen atoms in total. The van der Waals surface area contributed by atoms with Crippen molar-refractivity contribution in [2.75, 3.05) is 19.0 Å². The summed E-state index contributed by atoms with van der Waals surface area (Å²) in [7, 11) is 3.34. The van der Waals surface area contributed by atoms with Crippen LogP contribution in [-0.2, 0) is 7.05 Å². The van der Waals surface area contributed by atoms with Crippen molar-refractivity contribution in [2.24, 2.45) is 12.5 Å². The van der Waals surface area contributed by atoms with Crippen LogP contribution in [-0.4, -0.2) is 34.4 Å². The third kappa shape index (κ3) is 2.58. The highest BCUT2D eigenvalue weighted by Gasteiger charge is 2.54. The smallest absolute Gasteiger partial charge is 0.323 e. The molecule has 4 rings (SSSR count). The van der Waals surface area contributed by atoms with Gasteiger partial charge in [-0.05, 0) is 18.4 Å². The molecule has 1 unspecified atom stereocenters. The molecular formula is C19H22N4O2. The molecule has 0 radical (unpaired) electrons. The molecule has 1 aromatic heterocycles. The molecule has 0 bridgehead atoms. The van der Waals surface area contributed by atoms with Crippen LogP contribution in [0.3, 0.4) is 0 Å². The molecule has 2 heterocycles. The number of carbonyl (C=O) groups is 1. The zero-order valence-corrected chi connectivity index (χ0v) is 14.5. The fourth-order valence-electron chi connectivity index (χ4n) is 4.00. The van der Waals surface area contributed by atoms with Gasteiger partial charge < -0.3 is 9.64 Å². The van der Waals surface area contributed by atoms with Gasteiger partial charge in [0.15, 0.2) is 0 Å². The number of likely N-dealkylation sites (tertiary alicyclic amines) is 1. The molecule has 25 heavy (non-hydrogen) atoms. The summed E-state index contributed by atoms with van der Waals surface area (Å²) in [6.07, 6.45) is 6.51. The molecule has 1 fully saturated rings. The summed E-state index contributed by atoms with van der Waals surface area (Å²) in [5, 5.41) is 7.14. The first kappa shape index (κ1) is 15.7. The van der Waals surface area contributed by atoms with Crippen LogP contribution >= 0.6 is 0 Å². The van der Waals surface area contributed by atoms with E-state index in [2.05, 4.69) is 34.7 Å². The highest BCUT2D eigenvalue weighted by atomic mass is 16.5. The number of amides is 2. The molecule has 0 saturated carbocycles. The second-order valence-electron chi connectivity index (χ2n) is 6.81. The number of aromatic nitrogens is 2. The highest BCUT2D eigenvalue weighted by molar-refractivity contribution is 5.89. The van der Waals surface area contributed by atoms with E-state index in [1.807, 2.05) is 23.1 Å². The van der Waals surface area contributed by atoms with Gasteiger partial charge in [-0.2, -0.15) is 0 Å². The number of carbonyl (C=O) groups excluding carboxylic acids is 1. The number of aryl methyl sites for hydroxylation is 1. The minimum Gasteiger partial charge on any atom is -0.480 e. The Kier molecular flexibility index (Phi) is 3.75. The van der Waals surface area contributed by atoms with Crippen molar-refractivity contribution < 1.29 is 9.53 Å². The molecule has 1 aromatic carbocycles. The summed E-state index contributed by atoms with van der Waals surface area (Å²) < 4.78 is 6.73. The van der Waals surface area contributed by atoms with Crippen LogP contribution in [0.25, 0.3) is 0 Å². The van der Waals surface area contributed by atoms with Gasteiger partial charge in [0.2, 0.25) is 5.88 Å². The minimum absolute atomic E-state index is 0.0961. The van der Waals surface area contributed by atoms with Gasteiger partial charge in [0.25, 0.3) is 0 Å². The van der Waals surface area contributed by atoms with Crippen LogP contribution in [0, 0.1) is 5.41 Å². The number of anilines is 1. The van der Waals surface area contributed by atoms with E-state index in [0.29, 0.717) is 11.7 Å². The summed E-state index contributed by atoms with van der Waals surface area (Å²) in [5.41, 5.74) is 1.33. The topological polar surface area (TPSA) is 59.4 Å². The summed E-state index contributed by atoms with van der Waals surface area (Å²) in [6, 6.07) is 12.0. The fourth-order valence-corrected chi connectivity index (χ4v) is 4.00. The molecule has 1 spiro atoms. The van der Waals surface area contributed by atoms with Crippen LogP contribution in [0.15, 0.2) is 48.6 Å². The number of methoxy groups -OCH3 is 1. The number of allylic oxidation sites excluding steroid dienone is 2. The fraction of sp³-hybridized carbons (Fsp3) is 0.368. The van der Waals surface area contributed by atoms with Crippen LogP contribution < -0.4 is 10.1 Å². The Morgan fingerprint density at radius 1 is 1.28 bits per heavy atom. The van der Waals surface area contributed by atoms with Gasteiger partial charge in [-0.3, -0.25) is 5.32 Å². The Balaban J connectivity index is 1.56. The second kappa shape index (κ2) is 5.95. The van der Waals surface area contributed by atoms with Crippen molar-refractivity contribution in [3.63, 3.8) is 0 Å². The summed E-state index contributed by atoms with van der Waals surface area (Å²) >= 11 is 0. The molecule has 130 valence electrons. The summed E-state index contributed by atoms with van der Waals surface area (Å²) in [5.74, 6) is 1.11. The zero-order valence-electron chi connectivity index (χ0n) is 14.5. The molecule has 2 amide bonds. The van der Waals surface area contributed by atoms with E-state index < -0.39 is 0 Å². The number of rotatable bonds is 3. The van der Waals surface area contributed by atoms with E-state index in [-0.39, 0.29) is 17.5 Å². The van der Waals surface area contributed by atoms with Gasteiger partial charge >= 0.3 is 6.03 Å². The van der Waals surface area contributed by atoms with Crippen molar-refractivity contribution in [1.29, 1.82) is 0 Å². The highest BCUT2D eigenvalue weighted by Crippen LogP contribution is 2.56. The van der Waals surface area contributed by atoms with E-state index in [4.69, 9.17) is 4.74 Å². The minimum atomic E-state index is -0.1000. The van der Waals surface area contributed by atoms with Gasteiger partial charge in [-0.1, -0.05) is 42.5 Å². The normalized spacial score (nSPS) is 20.6. The number of nitrogens with one attached hydrogen (secondary N) is 1. The first-order valence-corrected chi connectivity index (χ1v) is 8.48. The predicted octanol–water partition coefficient (Wildman–Crippen LogP) is 3.35. The average Bonchev–Trinajstić information content (AvgIpc) is 3.22. The first-order valence-electron chi connectivity index (χ1n) is 8.48. The number of benzene rings is 1. The number of hydrogen-bond donors (Lipinski definition) is 1. The van der Waals surface area contributed by atoms with Crippen molar-refractivity contribution >= 4 is 11.8 Å². The van der Waals surface area contributed by atoms with Gasteiger partial charge in [-0.25, -0.2) is 9.48 Å². The maximum atomic E-state index is 12.9. The second-order valence-corrected chi connectivity index (χ2v) is 6.81. The van der Waals surface area contributed by atoms with Crippen LogP contribution in [0.5, 0.6) is 5.88 Å². The summed E-state index contributed by atoms with van der Waals surface area (Å²) in [6.45, 7) is 0.764. The Morgan fingerprint density at radius 3 is 2.64 bits per heavy atom. The molecule has 1 aliphatic carbocycles. The van der Waals surface area contributed by atoms with Crippen LogP contribution in [0.1, 0.15) is 24.4 Å². The maximum Gasteiger partial charge on any atom is 0.323 e. The van der Waals surface area contributed by atoms with Crippen molar-refractivity contribution in [3.8, 4) is 5.88 Å². The number of nitrogens with zero attached hydrogens (tertiary/aromatic N) is 3. The number of ether oxygens (including phenoxy) is 1. The first-order chi connectivity index (χ1) is 12.1.